The smallest absolute Gasteiger partial charge is 0.233 e. The molecule has 0 saturated heterocycles. The zero-order valence-electron chi connectivity index (χ0n) is 10.8. The van der Waals surface area contributed by atoms with Gasteiger partial charge in [-0.1, -0.05) is 26.8 Å². The first-order chi connectivity index (χ1) is 8.13. The van der Waals surface area contributed by atoms with Crippen LogP contribution in [0.1, 0.15) is 26.3 Å². The molecule has 1 rings (SSSR count). The van der Waals surface area contributed by atoms with Crippen molar-refractivity contribution in [2.45, 2.75) is 27.3 Å². The van der Waals surface area contributed by atoms with E-state index in [1.54, 1.807) is 26.8 Å². The number of anilines is 1. The van der Waals surface area contributed by atoms with Crippen LogP contribution in [0.5, 0.6) is 0 Å². The number of benzene rings is 1. The van der Waals surface area contributed by atoms with Crippen molar-refractivity contribution >= 4 is 15.7 Å². The molecule has 0 aliphatic carbocycles. The van der Waals surface area contributed by atoms with Crippen LogP contribution in [-0.2, 0) is 16.6 Å². The summed E-state index contributed by atoms with van der Waals surface area (Å²) in [4.78, 5) is 0. The average molecular weight is 274 g/mol. The van der Waals surface area contributed by atoms with Crippen LogP contribution in [0, 0.1) is 11.2 Å². The molecule has 1 aromatic rings. The fourth-order valence-electron chi connectivity index (χ4n) is 1.54. The highest BCUT2D eigenvalue weighted by molar-refractivity contribution is 7.92. The predicted molar refractivity (Wildman–Crippen MR) is 71.2 cm³/mol. The number of sulfonamides is 1. The molecule has 0 unspecified atom stereocenters. The Balaban J connectivity index is 2.91. The van der Waals surface area contributed by atoms with Crippen LogP contribution in [0.4, 0.5) is 10.1 Å². The van der Waals surface area contributed by atoms with Crippen molar-refractivity contribution in [2.24, 2.45) is 11.1 Å². The lowest BCUT2D eigenvalue weighted by molar-refractivity contribution is 0.463. The van der Waals surface area contributed by atoms with E-state index in [1.807, 2.05) is 0 Å². The Morgan fingerprint density at radius 3 is 2.39 bits per heavy atom. The van der Waals surface area contributed by atoms with Gasteiger partial charge in [-0.25, -0.2) is 12.8 Å². The zero-order chi connectivity index (χ0) is 14.0. The van der Waals surface area contributed by atoms with E-state index < -0.39 is 15.8 Å². The predicted octanol–water partition coefficient (Wildman–Crippen LogP) is 2.07. The summed E-state index contributed by atoms with van der Waals surface area (Å²) >= 11 is 0. The first kappa shape index (κ1) is 14.9. The van der Waals surface area contributed by atoms with Crippen molar-refractivity contribution in [1.29, 1.82) is 0 Å². The molecule has 0 saturated carbocycles. The van der Waals surface area contributed by atoms with Gasteiger partial charge in [0.25, 0.3) is 0 Å². The van der Waals surface area contributed by atoms with E-state index in [-0.39, 0.29) is 23.4 Å². The van der Waals surface area contributed by atoms with Gasteiger partial charge >= 0.3 is 0 Å². The molecule has 0 aromatic heterocycles. The Hall–Kier alpha value is -1.14. The summed E-state index contributed by atoms with van der Waals surface area (Å²) in [5.41, 5.74) is 5.56. The van der Waals surface area contributed by atoms with Gasteiger partial charge in [-0.05, 0) is 23.1 Å². The van der Waals surface area contributed by atoms with E-state index in [1.165, 1.54) is 12.1 Å². The van der Waals surface area contributed by atoms with E-state index in [2.05, 4.69) is 4.72 Å². The largest absolute Gasteiger partial charge is 0.326 e. The lowest BCUT2D eigenvalue weighted by atomic mass is 10.0. The maximum absolute atomic E-state index is 13.6. The monoisotopic (exact) mass is 274 g/mol. The molecule has 102 valence electrons. The van der Waals surface area contributed by atoms with Gasteiger partial charge in [0.2, 0.25) is 10.0 Å². The van der Waals surface area contributed by atoms with E-state index >= 15 is 0 Å². The van der Waals surface area contributed by atoms with Gasteiger partial charge < -0.3 is 5.73 Å². The average Bonchev–Trinajstić information content (AvgIpc) is 2.17. The van der Waals surface area contributed by atoms with Crippen LogP contribution in [0.15, 0.2) is 18.2 Å². The van der Waals surface area contributed by atoms with Crippen molar-refractivity contribution < 1.29 is 12.8 Å². The van der Waals surface area contributed by atoms with Crippen LogP contribution in [0.2, 0.25) is 0 Å². The normalized spacial score (nSPS) is 12.5. The molecule has 1 aromatic carbocycles. The van der Waals surface area contributed by atoms with Crippen LogP contribution in [-0.4, -0.2) is 14.2 Å². The fourth-order valence-corrected chi connectivity index (χ4v) is 3.25. The summed E-state index contributed by atoms with van der Waals surface area (Å²) in [6, 6.07) is 4.21. The molecule has 0 bridgehead atoms. The topological polar surface area (TPSA) is 72.2 Å². The third-order valence-electron chi connectivity index (χ3n) is 2.16. The Morgan fingerprint density at radius 2 is 1.94 bits per heavy atom. The van der Waals surface area contributed by atoms with Gasteiger partial charge in [0, 0.05) is 6.54 Å². The van der Waals surface area contributed by atoms with Crippen LogP contribution in [0.25, 0.3) is 0 Å². The molecule has 4 nitrogen and oxygen atoms in total. The Morgan fingerprint density at radius 1 is 1.33 bits per heavy atom. The first-order valence-corrected chi connectivity index (χ1v) is 7.27. The van der Waals surface area contributed by atoms with Crippen LogP contribution < -0.4 is 10.5 Å². The zero-order valence-corrected chi connectivity index (χ0v) is 11.6. The molecule has 0 atom stereocenters. The number of hydrogen-bond donors (Lipinski definition) is 2. The Bertz CT molecular complexity index is 521. The van der Waals surface area contributed by atoms with Crippen molar-refractivity contribution in [3.8, 4) is 0 Å². The quantitative estimate of drug-likeness (QED) is 0.883. The molecule has 0 spiro atoms. The van der Waals surface area contributed by atoms with Gasteiger partial charge in [-0.3, -0.25) is 4.72 Å². The maximum atomic E-state index is 13.6. The van der Waals surface area contributed by atoms with Gasteiger partial charge in [0.15, 0.2) is 0 Å². The molecule has 0 fully saturated rings. The lowest BCUT2D eigenvalue weighted by Gasteiger charge is -2.19. The summed E-state index contributed by atoms with van der Waals surface area (Å²) in [5.74, 6) is -0.687. The lowest BCUT2D eigenvalue weighted by Crippen LogP contribution is -2.26. The second-order valence-electron chi connectivity index (χ2n) is 5.44. The van der Waals surface area contributed by atoms with Crippen molar-refractivity contribution in [2.75, 3.05) is 10.5 Å². The molecule has 0 heterocycles. The summed E-state index contributed by atoms with van der Waals surface area (Å²) in [6.45, 7) is 5.63. The van der Waals surface area contributed by atoms with Crippen molar-refractivity contribution in [1.82, 2.24) is 0 Å². The minimum Gasteiger partial charge on any atom is -0.326 e. The van der Waals surface area contributed by atoms with Gasteiger partial charge in [0.1, 0.15) is 5.82 Å². The number of hydrogen-bond acceptors (Lipinski definition) is 3. The minimum atomic E-state index is -3.56. The van der Waals surface area contributed by atoms with E-state index in [0.717, 1.165) is 0 Å². The van der Waals surface area contributed by atoms with E-state index in [0.29, 0.717) is 5.56 Å². The number of nitrogens with one attached hydrogen (secondary N) is 1. The van der Waals surface area contributed by atoms with Crippen molar-refractivity contribution in [3.05, 3.63) is 29.6 Å². The fraction of sp³-hybridized carbons (Fsp3) is 0.500. The highest BCUT2D eigenvalue weighted by atomic mass is 32.2. The van der Waals surface area contributed by atoms with Gasteiger partial charge in [-0.2, -0.15) is 0 Å². The molecule has 18 heavy (non-hydrogen) atoms. The first-order valence-electron chi connectivity index (χ1n) is 5.62. The molecule has 3 N–H and O–H groups in total. The maximum Gasteiger partial charge on any atom is 0.233 e. The van der Waals surface area contributed by atoms with Gasteiger partial charge in [-0.15, -0.1) is 0 Å². The number of rotatable bonds is 4. The summed E-state index contributed by atoms with van der Waals surface area (Å²) in [7, 11) is -3.56. The second-order valence-corrected chi connectivity index (χ2v) is 7.16. The minimum absolute atomic E-state index is 0.0450. The summed E-state index contributed by atoms with van der Waals surface area (Å²) in [6.07, 6.45) is 0. The summed E-state index contributed by atoms with van der Waals surface area (Å²) < 4.78 is 39.5. The van der Waals surface area contributed by atoms with Gasteiger partial charge in [0.05, 0.1) is 11.4 Å². The highest BCUT2D eigenvalue weighted by Gasteiger charge is 2.22. The molecular formula is C12H19FN2O2S. The standard InChI is InChI=1S/C12H19FN2O2S/c1-12(2,3)8-18(16,17)15-11-5-4-9(7-14)6-10(11)13/h4-6,15H,7-8,14H2,1-3H3. The molecule has 0 amide bonds. The number of halogens is 1. The molecular weight excluding hydrogens is 255 g/mol. The van der Waals surface area contributed by atoms with E-state index in [4.69, 9.17) is 5.73 Å². The summed E-state index contributed by atoms with van der Waals surface area (Å²) in [5, 5.41) is 0. The highest BCUT2D eigenvalue weighted by Crippen LogP contribution is 2.21. The third-order valence-corrected chi connectivity index (χ3v) is 3.93. The Labute approximate surface area is 107 Å². The van der Waals surface area contributed by atoms with Crippen molar-refractivity contribution in [3.63, 3.8) is 0 Å². The van der Waals surface area contributed by atoms with Crippen LogP contribution in [0.3, 0.4) is 0 Å². The van der Waals surface area contributed by atoms with Crippen LogP contribution >= 0.6 is 0 Å². The molecule has 0 aliphatic rings. The van der Waals surface area contributed by atoms with E-state index in [9.17, 15) is 12.8 Å². The molecule has 0 radical (unpaired) electrons. The third kappa shape index (κ3) is 4.62. The molecule has 6 heteroatoms. The molecule has 0 aliphatic heterocycles. The Kier molecular flexibility index (Phi) is 4.34. The SMILES string of the molecule is CC(C)(C)CS(=O)(=O)Nc1ccc(CN)cc1F. The second kappa shape index (κ2) is 5.24. The number of nitrogens with two attached hydrogens (primary N) is 1.